The van der Waals surface area contributed by atoms with Crippen molar-refractivity contribution >= 4 is 17.3 Å². The molecule has 6 heteroatoms. The highest BCUT2D eigenvalue weighted by molar-refractivity contribution is 6.02. The van der Waals surface area contributed by atoms with Crippen molar-refractivity contribution in [2.45, 2.75) is 25.9 Å². The predicted octanol–water partition coefficient (Wildman–Crippen LogP) is 3.57. The quantitative estimate of drug-likeness (QED) is 0.884. The molecule has 5 nitrogen and oxygen atoms in total. The van der Waals surface area contributed by atoms with Crippen molar-refractivity contribution in [3.63, 3.8) is 0 Å². The van der Waals surface area contributed by atoms with Crippen molar-refractivity contribution < 1.29 is 18.3 Å². The van der Waals surface area contributed by atoms with E-state index in [-0.39, 0.29) is 11.9 Å². The van der Waals surface area contributed by atoms with Crippen molar-refractivity contribution in [2.24, 2.45) is 0 Å². The summed E-state index contributed by atoms with van der Waals surface area (Å²) >= 11 is 0. The first-order valence-corrected chi connectivity index (χ1v) is 7.64. The van der Waals surface area contributed by atoms with Crippen LogP contribution in [0, 0.1) is 12.7 Å². The van der Waals surface area contributed by atoms with E-state index in [0.29, 0.717) is 23.7 Å². The van der Waals surface area contributed by atoms with Gasteiger partial charge in [-0.05, 0) is 50.1 Å². The zero-order chi connectivity index (χ0) is 16.2. The van der Waals surface area contributed by atoms with E-state index in [0.717, 1.165) is 19.4 Å². The molecule has 0 radical (unpaired) electrons. The van der Waals surface area contributed by atoms with Crippen LogP contribution in [0.1, 0.15) is 29.2 Å². The second-order valence-corrected chi connectivity index (χ2v) is 5.57. The summed E-state index contributed by atoms with van der Waals surface area (Å²) in [6.45, 7) is 3.10. The van der Waals surface area contributed by atoms with Crippen LogP contribution in [-0.4, -0.2) is 25.2 Å². The van der Waals surface area contributed by atoms with Gasteiger partial charge in [0.05, 0.1) is 11.8 Å². The van der Waals surface area contributed by atoms with Gasteiger partial charge < -0.3 is 19.8 Å². The standard InChI is InChI=1S/C17H19FN2O3/c1-11-4-7-16(23-11)17(21)20-12-5-6-15(14(18)9-12)19-10-13-3-2-8-22-13/h4-7,9,13,19H,2-3,8,10H2,1H3,(H,20,21). The molecule has 1 amide bonds. The molecule has 1 aliphatic rings. The van der Waals surface area contributed by atoms with Crippen LogP contribution in [0.4, 0.5) is 15.8 Å². The second-order valence-electron chi connectivity index (χ2n) is 5.57. The van der Waals surface area contributed by atoms with Crippen LogP contribution in [0.25, 0.3) is 0 Å². The Labute approximate surface area is 133 Å². The highest BCUT2D eigenvalue weighted by atomic mass is 19.1. The predicted molar refractivity (Wildman–Crippen MR) is 85.3 cm³/mol. The SMILES string of the molecule is Cc1ccc(C(=O)Nc2ccc(NCC3CCCO3)c(F)c2)o1. The Morgan fingerprint density at radius 3 is 2.87 bits per heavy atom. The second kappa shape index (κ2) is 6.83. The van der Waals surface area contributed by atoms with Crippen LogP contribution in [0.15, 0.2) is 34.7 Å². The molecule has 1 aromatic heterocycles. The van der Waals surface area contributed by atoms with Crippen LogP contribution >= 0.6 is 0 Å². The molecule has 1 aromatic carbocycles. The van der Waals surface area contributed by atoms with Crippen molar-refractivity contribution in [2.75, 3.05) is 23.8 Å². The lowest BCUT2D eigenvalue weighted by molar-refractivity contribution is 0.0995. The molecule has 0 saturated carbocycles. The summed E-state index contributed by atoms with van der Waals surface area (Å²) in [6, 6.07) is 7.82. The van der Waals surface area contributed by atoms with Crippen LogP contribution in [0.2, 0.25) is 0 Å². The molecule has 0 bridgehead atoms. The molecule has 3 rings (SSSR count). The molecule has 0 spiro atoms. The number of furan rings is 1. The fraction of sp³-hybridized carbons (Fsp3) is 0.353. The third-order valence-electron chi connectivity index (χ3n) is 3.74. The van der Waals surface area contributed by atoms with Gasteiger partial charge in [-0.2, -0.15) is 0 Å². The van der Waals surface area contributed by atoms with Crippen molar-refractivity contribution in [3.05, 3.63) is 47.7 Å². The molecule has 0 aliphatic carbocycles. The average Bonchev–Trinajstić information content (AvgIpc) is 3.18. The van der Waals surface area contributed by atoms with E-state index in [1.807, 2.05) is 0 Å². The molecular weight excluding hydrogens is 299 g/mol. The molecule has 2 N–H and O–H groups in total. The van der Waals surface area contributed by atoms with E-state index in [4.69, 9.17) is 9.15 Å². The minimum atomic E-state index is -0.420. The van der Waals surface area contributed by atoms with Gasteiger partial charge in [0, 0.05) is 18.8 Å². The van der Waals surface area contributed by atoms with Crippen molar-refractivity contribution in [1.29, 1.82) is 0 Å². The maximum atomic E-state index is 14.1. The van der Waals surface area contributed by atoms with Crippen LogP contribution in [0.3, 0.4) is 0 Å². The van der Waals surface area contributed by atoms with Gasteiger partial charge in [0.1, 0.15) is 11.6 Å². The summed E-state index contributed by atoms with van der Waals surface area (Å²) in [6.07, 6.45) is 2.17. The lowest BCUT2D eigenvalue weighted by atomic mass is 10.2. The van der Waals surface area contributed by atoms with Crippen LogP contribution in [-0.2, 0) is 4.74 Å². The number of carbonyl (C=O) groups is 1. The molecule has 122 valence electrons. The third kappa shape index (κ3) is 3.90. The van der Waals surface area contributed by atoms with E-state index in [1.54, 1.807) is 31.2 Å². The molecule has 2 aromatic rings. The van der Waals surface area contributed by atoms with Gasteiger partial charge in [0.25, 0.3) is 5.91 Å². The zero-order valence-corrected chi connectivity index (χ0v) is 12.9. The first-order chi connectivity index (χ1) is 11.1. The molecule has 23 heavy (non-hydrogen) atoms. The van der Waals surface area contributed by atoms with Gasteiger partial charge in [-0.3, -0.25) is 4.79 Å². The summed E-state index contributed by atoms with van der Waals surface area (Å²) < 4.78 is 24.8. The summed E-state index contributed by atoms with van der Waals surface area (Å²) in [4.78, 5) is 12.0. The number of hydrogen-bond acceptors (Lipinski definition) is 4. The number of benzene rings is 1. The fourth-order valence-electron chi connectivity index (χ4n) is 2.51. The molecule has 1 aliphatic heterocycles. The number of rotatable bonds is 5. The fourth-order valence-corrected chi connectivity index (χ4v) is 2.51. The molecular formula is C17H19FN2O3. The first-order valence-electron chi connectivity index (χ1n) is 7.64. The number of nitrogens with one attached hydrogen (secondary N) is 2. The van der Waals surface area contributed by atoms with Gasteiger partial charge >= 0.3 is 0 Å². The summed E-state index contributed by atoms with van der Waals surface area (Å²) in [5.74, 6) is 0.0208. The summed E-state index contributed by atoms with van der Waals surface area (Å²) in [5, 5.41) is 5.65. The Morgan fingerprint density at radius 2 is 2.22 bits per heavy atom. The van der Waals surface area contributed by atoms with Crippen molar-refractivity contribution in [1.82, 2.24) is 0 Å². The first kappa shape index (κ1) is 15.6. The summed E-state index contributed by atoms with van der Waals surface area (Å²) in [5.41, 5.74) is 0.775. The van der Waals surface area contributed by atoms with E-state index >= 15 is 0 Å². The monoisotopic (exact) mass is 318 g/mol. The summed E-state index contributed by atoms with van der Waals surface area (Å²) in [7, 11) is 0. The van der Waals surface area contributed by atoms with Gasteiger partial charge in [-0.25, -0.2) is 4.39 Å². The number of carbonyl (C=O) groups excluding carboxylic acids is 1. The average molecular weight is 318 g/mol. The van der Waals surface area contributed by atoms with Crippen molar-refractivity contribution in [3.8, 4) is 0 Å². The maximum absolute atomic E-state index is 14.1. The third-order valence-corrected chi connectivity index (χ3v) is 3.74. The van der Waals surface area contributed by atoms with E-state index in [9.17, 15) is 9.18 Å². The Kier molecular flexibility index (Phi) is 4.62. The minimum absolute atomic E-state index is 0.135. The molecule has 1 saturated heterocycles. The normalized spacial score (nSPS) is 17.2. The number of aryl methyl sites for hydroxylation is 1. The highest BCUT2D eigenvalue weighted by Crippen LogP contribution is 2.21. The Morgan fingerprint density at radius 1 is 1.35 bits per heavy atom. The number of hydrogen-bond donors (Lipinski definition) is 2. The zero-order valence-electron chi connectivity index (χ0n) is 12.9. The topological polar surface area (TPSA) is 63.5 Å². The molecule has 1 atom stereocenters. The van der Waals surface area contributed by atoms with Gasteiger partial charge in [-0.15, -0.1) is 0 Å². The van der Waals surface area contributed by atoms with E-state index < -0.39 is 11.7 Å². The molecule has 1 fully saturated rings. The largest absolute Gasteiger partial charge is 0.456 e. The van der Waals surface area contributed by atoms with Gasteiger partial charge in [0.2, 0.25) is 0 Å². The minimum Gasteiger partial charge on any atom is -0.456 e. The highest BCUT2D eigenvalue weighted by Gasteiger charge is 2.16. The number of anilines is 2. The Balaban J connectivity index is 1.60. The van der Waals surface area contributed by atoms with Gasteiger partial charge in [0.15, 0.2) is 5.76 Å². The number of amides is 1. The molecule has 2 heterocycles. The lowest BCUT2D eigenvalue weighted by Gasteiger charge is -2.13. The van der Waals surface area contributed by atoms with E-state index in [2.05, 4.69) is 10.6 Å². The Hall–Kier alpha value is -2.34. The number of halogens is 1. The van der Waals surface area contributed by atoms with Gasteiger partial charge in [-0.1, -0.05) is 0 Å². The smallest absolute Gasteiger partial charge is 0.291 e. The maximum Gasteiger partial charge on any atom is 0.291 e. The van der Waals surface area contributed by atoms with E-state index in [1.165, 1.54) is 6.07 Å². The van der Waals surface area contributed by atoms with Crippen LogP contribution in [0.5, 0.6) is 0 Å². The Bertz CT molecular complexity index is 693. The van der Waals surface area contributed by atoms with Crippen LogP contribution < -0.4 is 10.6 Å². The lowest BCUT2D eigenvalue weighted by Crippen LogP contribution is -2.19. The molecule has 1 unspecified atom stereocenters. The number of ether oxygens (including phenoxy) is 1.